The van der Waals surface area contributed by atoms with Gasteiger partial charge >= 0.3 is 5.97 Å². The summed E-state index contributed by atoms with van der Waals surface area (Å²) in [5, 5.41) is 13.3. The Labute approximate surface area is 167 Å². The number of carbonyl (C=O) groups excluding carboxylic acids is 2. The number of carbonyl (C=O) groups is 2. The third kappa shape index (κ3) is 5.03. The number of aryl methyl sites for hydroxylation is 1. The number of hydrogen-bond donors (Lipinski definition) is 3. The second kappa shape index (κ2) is 8.78. The second-order valence-electron chi connectivity index (χ2n) is 6.38. The van der Waals surface area contributed by atoms with Crippen LogP contribution in [0.5, 0.6) is 0 Å². The van der Waals surface area contributed by atoms with Gasteiger partial charge in [-0.3, -0.25) is 4.79 Å². The van der Waals surface area contributed by atoms with Gasteiger partial charge in [0.05, 0.1) is 22.2 Å². The fraction of sp³-hybridized carbons (Fsp3) is 0.368. The zero-order chi connectivity index (χ0) is 20.3. The maximum absolute atomic E-state index is 12.2. The van der Waals surface area contributed by atoms with Crippen molar-refractivity contribution < 1.29 is 19.4 Å². The van der Waals surface area contributed by atoms with E-state index in [1.54, 1.807) is 45.9 Å². The first-order valence-electron chi connectivity index (χ1n) is 8.40. The first-order valence-corrected chi connectivity index (χ1v) is 9.16. The molecule has 2 aromatic rings. The summed E-state index contributed by atoms with van der Waals surface area (Å²) in [7, 11) is 0. The molecule has 0 saturated carbocycles. The number of aromatic amines is 1. The Hall–Kier alpha value is -2.02. The summed E-state index contributed by atoms with van der Waals surface area (Å²) < 4.78 is 5.09. The molecule has 1 amide bonds. The number of aromatic nitrogens is 1. The van der Waals surface area contributed by atoms with Crippen LogP contribution in [0.4, 0.5) is 0 Å². The Morgan fingerprint density at radius 1 is 1.22 bits per heavy atom. The van der Waals surface area contributed by atoms with Crippen molar-refractivity contribution in [1.29, 1.82) is 0 Å². The van der Waals surface area contributed by atoms with Crippen LogP contribution in [0.25, 0.3) is 0 Å². The molecule has 2 atom stereocenters. The summed E-state index contributed by atoms with van der Waals surface area (Å²) in [5.74, 6) is -1.10. The lowest BCUT2D eigenvalue weighted by Gasteiger charge is -2.15. The summed E-state index contributed by atoms with van der Waals surface area (Å²) in [6.45, 7) is 6.46. The lowest BCUT2D eigenvalue weighted by molar-refractivity contribution is -0.124. The maximum atomic E-state index is 12.2. The van der Waals surface area contributed by atoms with Gasteiger partial charge in [0.25, 0.3) is 5.91 Å². The van der Waals surface area contributed by atoms with Crippen molar-refractivity contribution in [2.24, 2.45) is 0 Å². The van der Waals surface area contributed by atoms with Crippen molar-refractivity contribution in [3.63, 3.8) is 0 Å². The molecule has 0 bridgehead atoms. The summed E-state index contributed by atoms with van der Waals surface area (Å²) in [6, 6.07) is 4.75. The van der Waals surface area contributed by atoms with Crippen LogP contribution in [0.15, 0.2) is 18.2 Å². The van der Waals surface area contributed by atoms with E-state index in [-0.39, 0.29) is 11.7 Å². The Morgan fingerprint density at radius 3 is 2.44 bits per heavy atom. The molecular weight excluding hydrogens is 391 g/mol. The highest BCUT2D eigenvalue weighted by Gasteiger charge is 2.22. The predicted molar refractivity (Wildman–Crippen MR) is 104 cm³/mol. The second-order valence-corrected chi connectivity index (χ2v) is 7.19. The maximum Gasteiger partial charge on any atom is 0.355 e. The summed E-state index contributed by atoms with van der Waals surface area (Å²) >= 11 is 11.9. The molecule has 1 heterocycles. The van der Waals surface area contributed by atoms with Gasteiger partial charge in [-0.2, -0.15) is 0 Å². The third-order valence-electron chi connectivity index (χ3n) is 4.27. The summed E-state index contributed by atoms with van der Waals surface area (Å²) in [5.41, 5.74) is 2.96. The Bertz CT molecular complexity index is 862. The average Bonchev–Trinajstić information content (AvgIpc) is 2.89. The molecule has 8 heteroatoms. The average molecular weight is 413 g/mol. The molecule has 3 N–H and O–H groups in total. The largest absolute Gasteiger partial charge is 0.451 e. The van der Waals surface area contributed by atoms with Gasteiger partial charge in [0.15, 0.2) is 6.61 Å². The number of amides is 1. The van der Waals surface area contributed by atoms with E-state index in [0.717, 1.165) is 5.56 Å². The highest BCUT2D eigenvalue weighted by atomic mass is 35.5. The lowest BCUT2D eigenvalue weighted by atomic mass is 10.1. The molecule has 1 aromatic heterocycles. The van der Waals surface area contributed by atoms with E-state index in [0.29, 0.717) is 26.9 Å². The minimum Gasteiger partial charge on any atom is -0.451 e. The van der Waals surface area contributed by atoms with Crippen molar-refractivity contribution in [2.45, 2.75) is 39.8 Å². The topological polar surface area (TPSA) is 91.4 Å². The molecule has 0 aliphatic heterocycles. The van der Waals surface area contributed by atoms with Gasteiger partial charge < -0.3 is 20.1 Å². The number of halogens is 2. The van der Waals surface area contributed by atoms with Crippen molar-refractivity contribution in [3.05, 3.63) is 56.3 Å². The number of esters is 1. The fourth-order valence-electron chi connectivity index (χ4n) is 2.95. The smallest absolute Gasteiger partial charge is 0.355 e. The molecule has 0 spiro atoms. The molecule has 0 aliphatic rings. The van der Waals surface area contributed by atoms with Crippen LogP contribution >= 0.6 is 23.2 Å². The predicted octanol–water partition coefficient (Wildman–Crippen LogP) is 4.03. The SMILES string of the molecule is Cc1[nH]c(C(=O)OCC(=O)N[C@@H](C)c2ccc(Cl)c(Cl)c2)c(C)c1[C@@H](C)O. The number of ether oxygens (including phenoxy) is 1. The molecular formula is C19H22Cl2N2O4. The molecule has 0 fully saturated rings. The molecule has 1 aromatic carbocycles. The van der Waals surface area contributed by atoms with Crippen LogP contribution < -0.4 is 5.32 Å². The zero-order valence-electron chi connectivity index (χ0n) is 15.5. The highest BCUT2D eigenvalue weighted by Crippen LogP contribution is 2.26. The van der Waals surface area contributed by atoms with E-state index >= 15 is 0 Å². The monoisotopic (exact) mass is 412 g/mol. The standard InChI is InChI=1S/C19H22Cl2N2O4/c1-9-17(12(4)24)11(3)23-18(9)19(26)27-8-16(25)22-10(2)13-5-6-14(20)15(21)7-13/h5-7,10,12,23-24H,8H2,1-4H3,(H,22,25)/t10-,12+/m0/s1. The minimum absolute atomic E-state index is 0.230. The summed E-state index contributed by atoms with van der Waals surface area (Å²) in [6.07, 6.45) is -0.710. The van der Waals surface area contributed by atoms with Gasteiger partial charge in [-0.05, 0) is 51.0 Å². The van der Waals surface area contributed by atoms with E-state index in [1.807, 2.05) is 0 Å². The summed E-state index contributed by atoms with van der Waals surface area (Å²) in [4.78, 5) is 27.2. The molecule has 0 unspecified atom stereocenters. The van der Waals surface area contributed by atoms with Crippen molar-refractivity contribution in [2.75, 3.05) is 6.61 Å². The number of aliphatic hydroxyl groups excluding tert-OH is 1. The Morgan fingerprint density at radius 2 is 1.89 bits per heavy atom. The van der Waals surface area contributed by atoms with Crippen LogP contribution in [0.3, 0.4) is 0 Å². The number of rotatable bonds is 6. The quantitative estimate of drug-likeness (QED) is 0.624. The Balaban J connectivity index is 1.96. The van der Waals surface area contributed by atoms with E-state index < -0.39 is 24.6 Å². The van der Waals surface area contributed by atoms with Gasteiger partial charge in [-0.25, -0.2) is 4.79 Å². The minimum atomic E-state index is -0.710. The Kier molecular flexibility index (Phi) is 6.92. The fourth-order valence-corrected chi connectivity index (χ4v) is 3.25. The normalized spacial score (nSPS) is 13.1. The van der Waals surface area contributed by atoms with Gasteiger partial charge in [0.1, 0.15) is 5.69 Å². The van der Waals surface area contributed by atoms with Crippen molar-refractivity contribution in [3.8, 4) is 0 Å². The van der Waals surface area contributed by atoms with Gasteiger partial charge in [-0.1, -0.05) is 29.3 Å². The third-order valence-corrected chi connectivity index (χ3v) is 5.01. The van der Waals surface area contributed by atoms with Gasteiger partial charge in [0.2, 0.25) is 0 Å². The first kappa shape index (κ1) is 21.3. The molecule has 27 heavy (non-hydrogen) atoms. The van der Waals surface area contributed by atoms with E-state index in [1.165, 1.54) is 0 Å². The van der Waals surface area contributed by atoms with Crippen molar-refractivity contribution in [1.82, 2.24) is 10.3 Å². The number of H-pyrrole nitrogens is 1. The zero-order valence-corrected chi connectivity index (χ0v) is 17.0. The number of hydrogen-bond acceptors (Lipinski definition) is 4. The van der Waals surface area contributed by atoms with Crippen LogP contribution in [0.1, 0.15) is 58.9 Å². The van der Waals surface area contributed by atoms with E-state index in [4.69, 9.17) is 27.9 Å². The molecule has 0 radical (unpaired) electrons. The first-order chi connectivity index (χ1) is 12.6. The van der Waals surface area contributed by atoms with E-state index in [9.17, 15) is 14.7 Å². The number of benzene rings is 1. The molecule has 2 rings (SSSR count). The van der Waals surface area contributed by atoms with Gasteiger partial charge in [-0.15, -0.1) is 0 Å². The molecule has 6 nitrogen and oxygen atoms in total. The van der Waals surface area contributed by atoms with Crippen LogP contribution in [-0.4, -0.2) is 28.6 Å². The molecule has 146 valence electrons. The molecule has 0 saturated heterocycles. The van der Waals surface area contributed by atoms with Crippen molar-refractivity contribution >= 4 is 35.1 Å². The molecule has 0 aliphatic carbocycles. The van der Waals surface area contributed by atoms with Gasteiger partial charge in [0, 0.05) is 11.3 Å². The van der Waals surface area contributed by atoms with E-state index in [2.05, 4.69) is 10.3 Å². The lowest BCUT2D eigenvalue weighted by Crippen LogP contribution is -2.31. The van der Waals surface area contributed by atoms with Crippen LogP contribution in [0.2, 0.25) is 10.0 Å². The number of aliphatic hydroxyl groups is 1. The highest BCUT2D eigenvalue weighted by molar-refractivity contribution is 6.42. The number of nitrogens with one attached hydrogen (secondary N) is 2. The van der Waals surface area contributed by atoms with Crippen LogP contribution in [0, 0.1) is 13.8 Å². The van der Waals surface area contributed by atoms with Crippen LogP contribution in [-0.2, 0) is 9.53 Å².